The summed E-state index contributed by atoms with van der Waals surface area (Å²) in [6.07, 6.45) is 0. The lowest BCUT2D eigenvalue weighted by molar-refractivity contribution is 0.0443. The Morgan fingerprint density at radius 2 is 1.52 bits per heavy atom. The lowest BCUT2D eigenvalue weighted by atomic mass is 10.1. The van der Waals surface area contributed by atoms with E-state index in [4.69, 9.17) is 4.74 Å². The molecule has 0 aliphatic carbocycles. The fourth-order valence-corrected chi connectivity index (χ4v) is 2.69. The number of benzene rings is 2. The predicted octanol–water partition coefficient (Wildman–Crippen LogP) is 3.14. The van der Waals surface area contributed by atoms with E-state index in [1.807, 2.05) is 32.9 Å². The Labute approximate surface area is 132 Å². The molecule has 0 radical (unpaired) electrons. The van der Waals surface area contributed by atoms with Crippen LogP contribution in [0.4, 0.5) is 0 Å². The second-order valence-electron chi connectivity index (χ2n) is 5.55. The lowest BCUT2D eigenvalue weighted by Crippen LogP contribution is -2.11. The lowest BCUT2D eigenvalue weighted by Gasteiger charge is -2.11. The predicted molar refractivity (Wildman–Crippen MR) is 81.8 cm³/mol. The number of carbonyl (C=O) groups excluding carboxylic acids is 3. The van der Waals surface area contributed by atoms with Crippen LogP contribution in [0.1, 0.15) is 47.8 Å². The van der Waals surface area contributed by atoms with Crippen molar-refractivity contribution in [2.75, 3.05) is 0 Å². The van der Waals surface area contributed by atoms with Crippen LogP contribution >= 0.6 is 0 Å². The van der Waals surface area contributed by atoms with Gasteiger partial charge in [0.05, 0.1) is 16.7 Å². The van der Waals surface area contributed by atoms with E-state index in [0.29, 0.717) is 5.75 Å². The minimum absolute atomic E-state index is 0.0850. The monoisotopic (exact) mass is 310 g/mol. The first-order valence-corrected chi connectivity index (χ1v) is 7.07. The van der Waals surface area contributed by atoms with Crippen LogP contribution in [-0.4, -0.2) is 17.9 Å². The molecule has 0 N–H and O–H groups in total. The summed E-state index contributed by atoms with van der Waals surface area (Å²) < 4.78 is 9.97. The summed E-state index contributed by atoms with van der Waals surface area (Å²) >= 11 is 0. The van der Waals surface area contributed by atoms with Crippen molar-refractivity contribution < 1.29 is 23.9 Å². The fraction of sp³-hybridized carbons (Fsp3) is 0.167. The minimum atomic E-state index is -0.748. The van der Waals surface area contributed by atoms with Gasteiger partial charge in [0.15, 0.2) is 0 Å². The Kier molecular flexibility index (Phi) is 3.48. The highest BCUT2D eigenvalue weighted by Gasteiger charge is 2.30. The van der Waals surface area contributed by atoms with Crippen LogP contribution in [0.5, 0.6) is 5.75 Å². The van der Waals surface area contributed by atoms with Gasteiger partial charge in [-0.25, -0.2) is 14.4 Å². The van der Waals surface area contributed by atoms with E-state index in [1.165, 1.54) is 18.2 Å². The largest absolute Gasteiger partial charge is 0.422 e. The maximum atomic E-state index is 12.3. The van der Waals surface area contributed by atoms with Gasteiger partial charge in [0.25, 0.3) is 0 Å². The zero-order valence-corrected chi connectivity index (χ0v) is 12.9. The topological polar surface area (TPSA) is 69.7 Å². The molecule has 23 heavy (non-hydrogen) atoms. The summed E-state index contributed by atoms with van der Waals surface area (Å²) in [5.41, 5.74) is 3.22. The molecule has 5 heteroatoms. The maximum absolute atomic E-state index is 12.3. The molecule has 0 bridgehead atoms. The molecule has 0 unspecified atom stereocenters. The molecule has 0 aromatic heterocycles. The normalized spacial score (nSPS) is 12.8. The summed E-state index contributed by atoms with van der Waals surface area (Å²) in [6.45, 7) is 5.69. The first kappa shape index (κ1) is 15.0. The summed E-state index contributed by atoms with van der Waals surface area (Å²) in [7, 11) is 0. The van der Waals surface area contributed by atoms with E-state index in [-0.39, 0.29) is 16.7 Å². The maximum Gasteiger partial charge on any atom is 0.346 e. The molecule has 0 atom stereocenters. The van der Waals surface area contributed by atoms with Crippen molar-refractivity contribution in [3.05, 3.63) is 63.7 Å². The number of carbonyl (C=O) groups is 3. The summed E-state index contributed by atoms with van der Waals surface area (Å²) in [5, 5.41) is 0. The van der Waals surface area contributed by atoms with Gasteiger partial charge in [-0.15, -0.1) is 0 Å². The molecular formula is C18H14O5. The molecule has 2 aromatic carbocycles. The van der Waals surface area contributed by atoms with Crippen molar-refractivity contribution in [2.24, 2.45) is 0 Å². The van der Waals surface area contributed by atoms with E-state index in [2.05, 4.69) is 4.74 Å². The molecular weight excluding hydrogens is 296 g/mol. The molecule has 3 rings (SSSR count). The van der Waals surface area contributed by atoms with Crippen LogP contribution < -0.4 is 4.74 Å². The van der Waals surface area contributed by atoms with E-state index >= 15 is 0 Å². The van der Waals surface area contributed by atoms with Crippen LogP contribution in [0, 0.1) is 20.8 Å². The van der Waals surface area contributed by atoms with Gasteiger partial charge in [-0.1, -0.05) is 17.7 Å². The molecule has 1 heterocycles. The van der Waals surface area contributed by atoms with Gasteiger partial charge in [-0.3, -0.25) is 0 Å². The third-order valence-corrected chi connectivity index (χ3v) is 3.68. The van der Waals surface area contributed by atoms with Crippen molar-refractivity contribution in [1.29, 1.82) is 0 Å². The molecule has 1 aliphatic heterocycles. The van der Waals surface area contributed by atoms with Gasteiger partial charge in [-0.05, 0) is 50.1 Å². The zero-order valence-electron chi connectivity index (χ0n) is 12.9. The Morgan fingerprint density at radius 1 is 0.913 bits per heavy atom. The van der Waals surface area contributed by atoms with Gasteiger partial charge >= 0.3 is 17.9 Å². The number of rotatable bonds is 2. The third-order valence-electron chi connectivity index (χ3n) is 3.68. The third kappa shape index (κ3) is 2.61. The van der Waals surface area contributed by atoms with Gasteiger partial charge < -0.3 is 9.47 Å². The highest BCUT2D eigenvalue weighted by molar-refractivity contribution is 6.15. The molecule has 1 aliphatic rings. The number of fused-ring (bicyclic) bond motifs is 1. The Hall–Kier alpha value is -2.95. The number of cyclic esters (lactones) is 2. The molecule has 2 aromatic rings. The number of hydrogen-bond donors (Lipinski definition) is 0. The van der Waals surface area contributed by atoms with Crippen LogP contribution in [0.25, 0.3) is 0 Å². The SMILES string of the molecule is Cc1cc(C)c(OC(=O)c2ccc3c(c2)C(=O)OC3=O)c(C)c1. The average molecular weight is 310 g/mol. The molecule has 116 valence electrons. The van der Waals surface area contributed by atoms with Crippen molar-refractivity contribution in [3.63, 3.8) is 0 Å². The molecule has 0 saturated carbocycles. The number of aryl methyl sites for hydroxylation is 3. The van der Waals surface area contributed by atoms with Crippen LogP contribution in [-0.2, 0) is 4.74 Å². The summed E-state index contributed by atoms with van der Waals surface area (Å²) in [4.78, 5) is 35.3. The number of esters is 3. The second-order valence-corrected chi connectivity index (χ2v) is 5.55. The average Bonchev–Trinajstić information content (AvgIpc) is 2.77. The van der Waals surface area contributed by atoms with Gasteiger partial charge in [0, 0.05) is 0 Å². The standard InChI is InChI=1S/C18H14O5/c1-9-6-10(2)15(11(3)7-9)22-16(19)12-4-5-13-14(8-12)18(21)23-17(13)20/h4-8H,1-3H3. The smallest absolute Gasteiger partial charge is 0.346 e. The van der Waals surface area contributed by atoms with Crippen LogP contribution in [0.15, 0.2) is 30.3 Å². The van der Waals surface area contributed by atoms with Gasteiger partial charge in [0.1, 0.15) is 5.75 Å². The summed E-state index contributed by atoms with van der Waals surface area (Å²) in [6, 6.07) is 8.01. The Balaban J connectivity index is 1.92. The Bertz CT molecular complexity index is 841. The zero-order chi connectivity index (χ0) is 16.7. The molecule has 0 spiro atoms. The van der Waals surface area contributed by atoms with E-state index in [9.17, 15) is 14.4 Å². The van der Waals surface area contributed by atoms with E-state index in [0.717, 1.165) is 16.7 Å². The van der Waals surface area contributed by atoms with Gasteiger partial charge in [-0.2, -0.15) is 0 Å². The first-order valence-electron chi connectivity index (χ1n) is 7.07. The van der Waals surface area contributed by atoms with Crippen LogP contribution in [0.2, 0.25) is 0 Å². The van der Waals surface area contributed by atoms with Crippen molar-refractivity contribution in [1.82, 2.24) is 0 Å². The number of hydrogen-bond acceptors (Lipinski definition) is 5. The molecule has 0 saturated heterocycles. The molecule has 0 fully saturated rings. The van der Waals surface area contributed by atoms with Crippen molar-refractivity contribution >= 4 is 17.9 Å². The van der Waals surface area contributed by atoms with E-state index in [1.54, 1.807) is 0 Å². The van der Waals surface area contributed by atoms with Crippen molar-refractivity contribution in [2.45, 2.75) is 20.8 Å². The quantitative estimate of drug-likeness (QED) is 0.484. The van der Waals surface area contributed by atoms with Crippen molar-refractivity contribution in [3.8, 4) is 5.75 Å². The Morgan fingerprint density at radius 3 is 2.17 bits per heavy atom. The van der Waals surface area contributed by atoms with Crippen LogP contribution in [0.3, 0.4) is 0 Å². The summed E-state index contributed by atoms with van der Waals surface area (Å²) in [5.74, 6) is -1.53. The first-order chi connectivity index (χ1) is 10.9. The molecule has 5 nitrogen and oxygen atoms in total. The van der Waals surface area contributed by atoms with Gasteiger partial charge in [0.2, 0.25) is 0 Å². The second kappa shape index (κ2) is 5.35. The highest BCUT2D eigenvalue weighted by Crippen LogP contribution is 2.26. The number of ether oxygens (including phenoxy) is 2. The minimum Gasteiger partial charge on any atom is -0.422 e. The molecule has 0 amide bonds. The van der Waals surface area contributed by atoms with E-state index < -0.39 is 17.9 Å². The highest BCUT2D eigenvalue weighted by atomic mass is 16.6. The fourth-order valence-electron chi connectivity index (χ4n) is 2.69.